The topological polar surface area (TPSA) is 20.3 Å². The van der Waals surface area contributed by atoms with Crippen LogP contribution in [0.15, 0.2) is 17.5 Å². The largest absolute Gasteiger partial charge is 0.401 e. The van der Waals surface area contributed by atoms with Crippen molar-refractivity contribution >= 4 is 17.1 Å². The van der Waals surface area contributed by atoms with Gasteiger partial charge in [0.05, 0.1) is 18.0 Å². The Balaban J connectivity index is 1.96. The highest BCUT2D eigenvalue weighted by molar-refractivity contribution is 7.12. The van der Waals surface area contributed by atoms with Gasteiger partial charge in [0.15, 0.2) is 5.78 Å². The summed E-state index contributed by atoms with van der Waals surface area (Å²) in [5.41, 5.74) is 0. The van der Waals surface area contributed by atoms with E-state index in [-0.39, 0.29) is 18.4 Å². The first-order chi connectivity index (χ1) is 7.96. The first kappa shape index (κ1) is 12.6. The third-order valence-electron chi connectivity index (χ3n) is 2.59. The second-order valence-corrected chi connectivity index (χ2v) is 5.10. The van der Waals surface area contributed by atoms with Crippen LogP contribution in [0.4, 0.5) is 13.2 Å². The predicted octanol–water partition coefficient (Wildman–Crippen LogP) is 2.96. The maximum absolute atomic E-state index is 12.3. The van der Waals surface area contributed by atoms with Crippen LogP contribution in [-0.2, 0) is 0 Å². The number of halogens is 3. The van der Waals surface area contributed by atoms with E-state index in [0.717, 1.165) is 12.8 Å². The van der Waals surface area contributed by atoms with E-state index in [1.165, 1.54) is 16.2 Å². The molecule has 1 aromatic rings. The normalized spacial score (nSPS) is 16.5. The number of hydrogen-bond acceptors (Lipinski definition) is 3. The van der Waals surface area contributed by atoms with Crippen LogP contribution in [-0.4, -0.2) is 36.0 Å². The third-order valence-corrected chi connectivity index (χ3v) is 3.50. The van der Waals surface area contributed by atoms with Gasteiger partial charge in [0.25, 0.3) is 0 Å². The van der Waals surface area contributed by atoms with E-state index in [4.69, 9.17) is 0 Å². The van der Waals surface area contributed by atoms with Gasteiger partial charge in [-0.2, -0.15) is 13.2 Å². The van der Waals surface area contributed by atoms with Crippen molar-refractivity contribution in [2.45, 2.75) is 25.1 Å². The lowest BCUT2D eigenvalue weighted by atomic mass is 10.3. The van der Waals surface area contributed by atoms with Crippen LogP contribution >= 0.6 is 11.3 Å². The average Bonchev–Trinajstić information content (AvgIpc) is 2.90. The van der Waals surface area contributed by atoms with Crippen molar-refractivity contribution in [1.29, 1.82) is 0 Å². The number of rotatable bonds is 5. The SMILES string of the molecule is O=C(CN(CC(F)(F)F)C1CC1)c1cccs1. The van der Waals surface area contributed by atoms with Gasteiger partial charge >= 0.3 is 6.18 Å². The third kappa shape index (κ3) is 3.81. The minimum Gasteiger partial charge on any atom is -0.292 e. The zero-order chi connectivity index (χ0) is 12.5. The predicted molar refractivity (Wildman–Crippen MR) is 59.3 cm³/mol. The van der Waals surface area contributed by atoms with E-state index in [1.807, 2.05) is 0 Å². The van der Waals surface area contributed by atoms with Gasteiger partial charge in [-0.1, -0.05) is 6.07 Å². The molecule has 0 atom stereocenters. The van der Waals surface area contributed by atoms with Gasteiger partial charge < -0.3 is 0 Å². The maximum atomic E-state index is 12.3. The van der Waals surface area contributed by atoms with Crippen LogP contribution in [0.1, 0.15) is 22.5 Å². The summed E-state index contributed by atoms with van der Waals surface area (Å²) in [6, 6.07) is 3.30. The van der Waals surface area contributed by atoms with Crippen molar-refractivity contribution < 1.29 is 18.0 Å². The maximum Gasteiger partial charge on any atom is 0.401 e. The van der Waals surface area contributed by atoms with Crippen LogP contribution in [0.3, 0.4) is 0 Å². The summed E-state index contributed by atoms with van der Waals surface area (Å²) in [6.07, 6.45) is -2.72. The molecule has 0 unspecified atom stereocenters. The Morgan fingerprint density at radius 3 is 2.65 bits per heavy atom. The lowest BCUT2D eigenvalue weighted by Gasteiger charge is -2.22. The molecule has 1 aliphatic carbocycles. The molecule has 0 amide bonds. The fourth-order valence-corrected chi connectivity index (χ4v) is 2.34. The smallest absolute Gasteiger partial charge is 0.292 e. The molecule has 1 fully saturated rings. The molecule has 17 heavy (non-hydrogen) atoms. The fraction of sp³-hybridized carbons (Fsp3) is 0.545. The van der Waals surface area contributed by atoms with Crippen LogP contribution in [0.2, 0.25) is 0 Å². The molecule has 0 aromatic carbocycles. The van der Waals surface area contributed by atoms with Gasteiger partial charge in [-0.05, 0) is 24.3 Å². The van der Waals surface area contributed by atoms with Crippen molar-refractivity contribution in [2.75, 3.05) is 13.1 Å². The summed E-state index contributed by atoms with van der Waals surface area (Å²) in [6.45, 7) is -1.13. The number of nitrogens with zero attached hydrogens (tertiary/aromatic N) is 1. The number of thiophene rings is 1. The molecule has 1 aliphatic rings. The molecule has 1 aromatic heterocycles. The molecule has 2 nitrogen and oxygen atoms in total. The van der Waals surface area contributed by atoms with E-state index < -0.39 is 12.7 Å². The lowest BCUT2D eigenvalue weighted by molar-refractivity contribution is -0.145. The Labute approximate surface area is 101 Å². The first-order valence-corrected chi connectivity index (χ1v) is 6.21. The van der Waals surface area contributed by atoms with Crippen molar-refractivity contribution in [3.63, 3.8) is 0 Å². The number of hydrogen-bond donors (Lipinski definition) is 0. The van der Waals surface area contributed by atoms with E-state index in [1.54, 1.807) is 17.5 Å². The lowest BCUT2D eigenvalue weighted by Crippen LogP contribution is -2.39. The molecule has 6 heteroatoms. The van der Waals surface area contributed by atoms with Crippen LogP contribution in [0, 0.1) is 0 Å². The second kappa shape index (κ2) is 4.78. The van der Waals surface area contributed by atoms with Crippen LogP contribution in [0.25, 0.3) is 0 Å². The van der Waals surface area contributed by atoms with Gasteiger partial charge in [0.2, 0.25) is 0 Å². The highest BCUT2D eigenvalue weighted by Crippen LogP contribution is 2.30. The summed E-state index contributed by atoms with van der Waals surface area (Å²) >= 11 is 1.27. The van der Waals surface area contributed by atoms with Gasteiger partial charge in [-0.15, -0.1) is 11.3 Å². The summed E-state index contributed by atoms with van der Waals surface area (Å²) in [5, 5.41) is 1.75. The van der Waals surface area contributed by atoms with E-state index in [0.29, 0.717) is 4.88 Å². The van der Waals surface area contributed by atoms with Gasteiger partial charge in [0, 0.05) is 6.04 Å². The quantitative estimate of drug-likeness (QED) is 0.761. The molecular formula is C11H12F3NOS. The number of Topliss-reactive ketones (excluding diaryl/α,β-unsaturated/α-hetero) is 1. The number of carbonyl (C=O) groups is 1. The Morgan fingerprint density at radius 2 is 2.18 bits per heavy atom. The molecule has 94 valence electrons. The Morgan fingerprint density at radius 1 is 1.47 bits per heavy atom. The minimum atomic E-state index is -4.24. The highest BCUT2D eigenvalue weighted by atomic mass is 32.1. The van der Waals surface area contributed by atoms with Gasteiger partial charge in [0.1, 0.15) is 0 Å². The Bertz CT molecular complexity index is 384. The zero-order valence-electron chi connectivity index (χ0n) is 9.04. The molecular weight excluding hydrogens is 251 g/mol. The van der Waals surface area contributed by atoms with Crippen molar-refractivity contribution in [3.05, 3.63) is 22.4 Å². The molecule has 0 radical (unpaired) electrons. The van der Waals surface area contributed by atoms with Crippen LogP contribution in [0.5, 0.6) is 0 Å². The molecule has 0 aliphatic heterocycles. The minimum absolute atomic E-state index is 0.0689. The Kier molecular flexibility index (Phi) is 3.53. The molecule has 1 heterocycles. The summed E-state index contributed by atoms with van der Waals surface area (Å²) in [5.74, 6) is -0.226. The van der Waals surface area contributed by atoms with Gasteiger partial charge in [-0.3, -0.25) is 9.69 Å². The fourth-order valence-electron chi connectivity index (χ4n) is 1.68. The van der Waals surface area contributed by atoms with Gasteiger partial charge in [-0.25, -0.2) is 0 Å². The molecule has 0 spiro atoms. The number of ketones is 1. The van der Waals surface area contributed by atoms with E-state index >= 15 is 0 Å². The Hall–Kier alpha value is -0.880. The molecule has 0 N–H and O–H groups in total. The second-order valence-electron chi connectivity index (χ2n) is 4.15. The average molecular weight is 263 g/mol. The van der Waals surface area contributed by atoms with E-state index in [9.17, 15) is 18.0 Å². The monoisotopic (exact) mass is 263 g/mol. The molecule has 2 rings (SSSR count). The van der Waals surface area contributed by atoms with E-state index in [2.05, 4.69) is 0 Å². The standard InChI is InChI=1S/C11H12F3NOS/c12-11(13,14)7-15(8-3-4-8)6-9(16)10-2-1-5-17-10/h1-2,5,8H,3-4,6-7H2. The van der Waals surface area contributed by atoms with Crippen LogP contribution < -0.4 is 0 Å². The molecule has 1 saturated carbocycles. The van der Waals surface area contributed by atoms with Crippen molar-refractivity contribution in [1.82, 2.24) is 4.90 Å². The first-order valence-electron chi connectivity index (χ1n) is 5.33. The summed E-state index contributed by atoms with van der Waals surface area (Å²) < 4.78 is 37.0. The molecule has 0 bridgehead atoms. The number of alkyl halides is 3. The van der Waals surface area contributed by atoms with Crippen molar-refractivity contribution in [3.8, 4) is 0 Å². The summed E-state index contributed by atoms with van der Waals surface area (Å²) in [4.78, 5) is 13.5. The molecule has 0 saturated heterocycles. The summed E-state index contributed by atoms with van der Waals surface area (Å²) in [7, 11) is 0. The zero-order valence-corrected chi connectivity index (χ0v) is 9.85. The number of carbonyl (C=O) groups excluding carboxylic acids is 1. The highest BCUT2D eigenvalue weighted by Gasteiger charge is 2.38. The van der Waals surface area contributed by atoms with Crippen molar-refractivity contribution in [2.24, 2.45) is 0 Å².